The molecule has 42 heavy (non-hydrogen) atoms. The predicted molar refractivity (Wildman–Crippen MR) is 162 cm³/mol. The monoisotopic (exact) mass is 593 g/mol. The van der Waals surface area contributed by atoms with Gasteiger partial charge in [-0.15, -0.1) is 0 Å². The Kier molecular flexibility index (Phi) is 8.96. The van der Waals surface area contributed by atoms with Gasteiger partial charge in [-0.2, -0.15) is 0 Å². The fourth-order valence-electron chi connectivity index (χ4n) is 5.55. The summed E-state index contributed by atoms with van der Waals surface area (Å²) in [6.45, 7) is 7.50. The maximum Gasteiger partial charge on any atom is 0.410 e. The van der Waals surface area contributed by atoms with Crippen molar-refractivity contribution in [2.24, 2.45) is 5.92 Å². The van der Waals surface area contributed by atoms with Crippen molar-refractivity contribution in [3.05, 3.63) is 65.6 Å². The number of nitrogens with zero attached hydrogens (tertiary/aromatic N) is 4. The quantitative estimate of drug-likeness (QED) is 0.356. The predicted octanol–water partition coefficient (Wildman–Crippen LogP) is 6.65. The van der Waals surface area contributed by atoms with E-state index in [1.54, 1.807) is 23.2 Å². The maximum atomic E-state index is 13.4. The van der Waals surface area contributed by atoms with E-state index in [1.807, 2.05) is 49.9 Å². The highest BCUT2D eigenvalue weighted by atomic mass is 35.5. The number of hydrogen-bond donors (Lipinski definition) is 1. The second-order valence-corrected chi connectivity index (χ2v) is 12.4. The molecular weight excluding hydrogens is 557 g/mol. The molecule has 0 bridgehead atoms. The summed E-state index contributed by atoms with van der Waals surface area (Å²) in [4.78, 5) is 38.5. The first-order valence-electron chi connectivity index (χ1n) is 14.5. The van der Waals surface area contributed by atoms with Gasteiger partial charge in [-0.25, -0.2) is 19.2 Å². The van der Waals surface area contributed by atoms with Crippen molar-refractivity contribution in [1.29, 1.82) is 0 Å². The molecular formula is C32H37ClFN5O3. The third-order valence-corrected chi connectivity index (χ3v) is 7.93. The molecule has 0 unspecified atom stereocenters. The van der Waals surface area contributed by atoms with E-state index in [4.69, 9.17) is 21.3 Å². The zero-order valence-corrected chi connectivity index (χ0v) is 25.0. The molecule has 1 aliphatic carbocycles. The smallest absolute Gasteiger partial charge is 0.410 e. The number of benzene rings is 2. The molecule has 1 aromatic heterocycles. The molecule has 1 saturated heterocycles. The summed E-state index contributed by atoms with van der Waals surface area (Å²) in [7, 11) is 0. The first-order valence-corrected chi connectivity index (χ1v) is 14.9. The van der Waals surface area contributed by atoms with Crippen molar-refractivity contribution in [3.8, 4) is 22.4 Å². The van der Waals surface area contributed by atoms with Crippen LogP contribution in [-0.2, 0) is 9.53 Å². The number of halogens is 2. The molecule has 2 aromatic carbocycles. The van der Waals surface area contributed by atoms with E-state index in [0.29, 0.717) is 49.3 Å². The van der Waals surface area contributed by atoms with E-state index in [1.165, 1.54) is 12.1 Å². The summed E-state index contributed by atoms with van der Waals surface area (Å²) < 4.78 is 18.9. The van der Waals surface area contributed by atoms with Crippen LogP contribution in [0.15, 0.2) is 54.7 Å². The zero-order chi connectivity index (χ0) is 29.9. The van der Waals surface area contributed by atoms with Crippen LogP contribution in [0.3, 0.4) is 0 Å². The lowest BCUT2D eigenvalue weighted by molar-refractivity contribution is -0.138. The Morgan fingerprint density at radius 3 is 2.38 bits per heavy atom. The summed E-state index contributed by atoms with van der Waals surface area (Å²) in [5.74, 6) is 0.228. The molecule has 2 atom stereocenters. The number of piperazine rings is 1. The minimum Gasteiger partial charge on any atom is -0.444 e. The minimum atomic E-state index is -0.545. The number of aromatic nitrogens is 2. The molecule has 1 N–H and O–H groups in total. The highest BCUT2D eigenvalue weighted by molar-refractivity contribution is 6.32. The van der Waals surface area contributed by atoms with Crippen LogP contribution in [0.1, 0.15) is 46.5 Å². The molecule has 0 radical (unpaired) electrons. The molecule has 0 spiro atoms. The van der Waals surface area contributed by atoms with Crippen molar-refractivity contribution in [2.45, 2.75) is 58.1 Å². The van der Waals surface area contributed by atoms with E-state index in [2.05, 4.69) is 10.3 Å². The fraction of sp³-hybridized carbons (Fsp3) is 0.438. The summed E-state index contributed by atoms with van der Waals surface area (Å²) in [6.07, 6.45) is 4.62. The second kappa shape index (κ2) is 12.7. The Morgan fingerprint density at radius 2 is 1.67 bits per heavy atom. The van der Waals surface area contributed by atoms with E-state index < -0.39 is 5.60 Å². The highest BCUT2D eigenvalue weighted by Gasteiger charge is 2.33. The van der Waals surface area contributed by atoms with Crippen molar-refractivity contribution in [2.75, 3.05) is 31.5 Å². The number of anilines is 1. The third kappa shape index (κ3) is 7.37. The molecule has 1 saturated carbocycles. The lowest BCUT2D eigenvalue weighted by atomic mass is 9.84. The molecule has 2 fully saturated rings. The highest BCUT2D eigenvalue weighted by Crippen LogP contribution is 2.32. The fourth-order valence-corrected chi connectivity index (χ4v) is 5.75. The average molecular weight is 594 g/mol. The summed E-state index contributed by atoms with van der Waals surface area (Å²) in [6, 6.07) is 14.2. The van der Waals surface area contributed by atoms with E-state index >= 15 is 0 Å². The topological polar surface area (TPSA) is 87.7 Å². The minimum absolute atomic E-state index is 0.0512. The van der Waals surface area contributed by atoms with Gasteiger partial charge >= 0.3 is 6.09 Å². The molecule has 2 amide bonds. The Labute approximate surface area is 251 Å². The Bertz CT molecular complexity index is 1420. The van der Waals surface area contributed by atoms with Gasteiger partial charge in [-0.1, -0.05) is 48.4 Å². The number of carbonyl (C=O) groups excluding carboxylic acids is 2. The second-order valence-electron chi connectivity index (χ2n) is 12.0. The normalized spacial score (nSPS) is 19.4. The van der Waals surface area contributed by atoms with Crippen LogP contribution in [0.2, 0.25) is 5.02 Å². The van der Waals surface area contributed by atoms with Crippen LogP contribution in [-0.4, -0.2) is 69.6 Å². The number of hydrogen-bond acceptors (Lipinski definition) is 6. The van der Waals surface area contributed by atoms with Crippen LogP contribution in [0, 0.1) is 11.7 Å². The first kappa shape index (κ1) is 29.8. The average Bonchev–Trinajstić information content (AvgIpc) is 2.97. The van der Waals surface area contributed by atoms with Gasteiger partial charge in [0.2, 0.25) is 11.9 Å². The van der Waals surface area contributed by atoms with Crippen LogP contribution in [0.5, 0.6) is 0 Å². The van der Waals surface area contributed by atoms with Gasteiger partial charge < -0.3 is 19.9 Å². The van der Waals surface area contributed by atoms with Gasteiger partial charge in [0.25, 0.3) is 0 Å². The molecule has 2 aliphatic rings. The third-order valence-electron chi connectivity index (χ3n) is 7.66. The lowest BCUT2D eigenvalue weighted by Gasteiger charge is -2.38. The maximum absolute atomic E-state index is 13.4. The number of rotatable bonds is 5. The van der Waals surface area contributed by atoms with Gasteiger partial charge in [0.05, 0.1) is 16.9 Å². The largest absolute Gasteiger partial charge is 0.444 e. The van der Waals surface area contributed by atoms with Crippen LogP contribution in [0.4, 0.5) is 15.1 Å². The van der Waals surface area contributed by atoms with E-state index in [-0.39, 0.29) is 29.8 Å². The standard InChI is InChI=1S/C32H37ClFN5O3/c1-32(2,3)42-31(41)39-16-14-38(15-17-39)29(40)24-8-5-9-26(19-24)36-30-35-20-27(33)28(37-30)23-7-4-6-22(18-23)21-10-12-25(34)13-11-21/h4,6-7,10-13,18,20,24,26H,5,8-9,14-17,19H2,1-3H3,(H,35,36,37)/t24-,26+/m0/s1. The molecule has 8 nitrogen and oxygen atoms in total. The lowest BCUT2D eigenvalue weighted by Crippen LogP contribution is -2.53. The summed E-state index contributed by atoms with van der Waals surface area (Å²) in [5, 5.41) is 3.87. The number of ether oxygens (including phenoxy) is 1. The molecule has 3 aromatic rings. The molecule has 10 heteroatoms. The van der Waals surface area contributed by atoms with Crippen molar-refractivity contribution in [3.63, 3.8) is 0 Å². The molecule has 2 heterocycles. The van der Waals surface area contributed by atoms with Crippen LogP contribution >= 0.6 is 11.6 Å². The van der Waals surface area contributed by atoms with Crippen molar-refractivity contribution >= 4 is 29.5 Å². The summed E-state index contributed by atoms with van der Waals surface area (Å²) in [5.41, 5.74) is 2.71. The van der Waals surface area contributed by atoms with Gasteiger partial charge in [-0.05, 0) is 69.4 Å². The first-order chi connectivity index (χ1) is 20.1. The van der Waals surface area contributed by atoms with Gasteiger partial charge in [0.15, 0.2) is 0 Å². The number of amides is 2. The Hall–Kier alpha value is -3.72. The molecule has 222 valence electrons. The van der Waals surface area contributed by atoms with Crippen LogP contribution in [0.25, 0.3) is 22.4 Å². The Morgan fingerprint density at radius 1 is 0.976 bits per heavy atom. The van der Waals surface area contributed by atoms with Gasteiger partial charge in [0, 0.05) is 43.7 Å². The zero-order valence-electron chi connectivity index (χ0n) is 24.3. The molecule has 1 aliphatic heterocycles. The van der Waals surface area contributed by atoms with E-state index in [0.717, 1.165) is 36.0 Å². The van der Waals surface area contributed by atoms with Gasteiger partial charge in [0.1, 0.15) is 11.4 Å². The summed E-state index contributed by atoms with van der Waals surface area (Å²) >= 11 is 6.52. The SMILES string of the molecule is CC(C)(C)OC(=O)N1CCN(C(=O)[C@H]2CCC[C@@H](Nc3ncc(Cl)c(-c4cccc(-c5ccc(F)cc5)c4)n3)C2)CC1. The number of carbonyl (C=O) groups is 2. The van der Waals surface area contributed by atoms with Crippen molar-refractivity contribution in [1.82, 2.24) is 19.8 Å². The van der Waals surface area contributed by atoms with E-state index in [9.17, 15) is 14.0 Å². The van der Waals surface area contributed by atoms with Crippen molar-refractivity contribution < 1.29 is 18.7 Å². The van der Waals surface area contributed by atoms with Crippen LogP contribution < -0.4 is 5.32 Å². The van der Waals surface area contributed by atoms with Gasteiger partial charge in [-0.3, -0.25) is 4.79 Å². The molecule has 5 rings (SSSR count). The Balaban J connectivity index is 1.21. The number of nitrogens with one attached hydrogen (secondary N) is 1.